The maximum absolute atomic E-state index is 12.2. The number of imide groups is 1. The number of esters is 1. The highest BCUT2D eigenvalue weighted by molar-refractivity contribution is 6.58. The number of carbonyl (C=O) groups is 3. The summed E-state index contributed by atoms with van der Waals surface area (Å²) in [5.41, 5.74) is 1.60. The number of nitrogens with zero attached hydrogens (tertiary/aromatic N) is 2. The molecule has 2 N–H and O–H groups in total. The molecular weight excluding hydrogens is 363 g/mol. The number of pyridine rings is 1. The van der Waals surface area contributed by atoms with Gasteiger partial charge in [-0.3, -0.25) is 14.5 Å². The average Bonchev–Trinajstić information content (AvgIpc) is 3.00. The van der Waals surface area contributed by atoms with Crippen LogP contribution in [0.1, 0.15) is 15.9 Å². The van der Waals surface area contributed by atoms with Crippen molar-refractivity contribution in [1.82, 2.24) is 4.90 Å². The van der Waals surface area contributed by atoms with Gasteiger partial charge in [0.05, 0.1) is 12.1 Å². The van der Waals surface area contributed by atoms with E-state index in [2.05, 4.69) is 0 Å². The quantitative estimate of drug-likeness (QED) is 0.270. The Morgan fingerprint density at radius 2 is 1.75 bits per heavy atom. The van der Waals surface area contributed by atoms with Crippen LogP contribution in [0.5, 0.6) is 0 Å². The van der Waals surface area contributed by atoms with E-state index in [9.17, 15) is 14.4 Å². The lowest BCUT2D eigenvalue weighted by Gasteiger charge is -2.13. The second-order valence-electron chi connectivity index (χ2n) is 6.18. The molecule has 0 radical (unpaired) electrons. The van der Waals surface area contributed by atoms with Crippen LogP contribution in [-0.4, -0.2) is 53.0 Å². The maximum atomic E-state index is 12.2. The van der Waals surface area contributed by atoms with Gasteiger partial charge in [0.15, 0.2) is 18.9 Å². The summed E-state index contributed by atoms with van der Waals surface area (Å²) in [6.07, 6.45) is 5.77. The summed E-state index contributed by atoms with van der Waals surface area (Å²) in [7, 11) is -1.52. The Bertz CT molecular complexity index is 908. The molecule has 1 aliphatic rings. The topological polar surface area (TPSA) is 108 Å². The Labute approximate surface area is 161 Å². The molecule has 0 saturated heterocycles. The van der Waals surface area contributed by atoms with Gasteiger partial charge in [-0.2, -0.15) is 0 Å². The molecule has 1 aromatic heterocycles. The number of hydrogen-bond acceptors (Lipinski definition) is 6. The molecule has 1 aromatic carbocycles. The number of carbonyl (C=O) groups excluding carboxylic acids is 3. The molecule has 1 aliphatic heterocycles. The van der Waals surface area contributed by atoms with Crippen molar-refractivity contribution >= 4 is 30.4 Å². The van der Waals surface area contributed by atoms with Crippen molar-refractivity contribution in [2.75, 3.05) is 13.2 Å². The van der Waals surface area contributed by atoms with Crippen molar-refractivity contribution in [1.29, 1.82) is 0 Å². The fraction of sp³-hybridized carbons (Fsp3) is 0.158. The number of amides is 2. The van der Waals surface area contributed by atoms with Crippen LogP contribution in [0.15, 0.2) is 60.9 Å². The Hall–Kier alpha value is -3.30. The molecule has 2 aromatic rings. The Morgan fingerprint density at radius 3 is 2.39 bits per heavy atom. The molecule has 8 nitrogen and oxygen atoms in total. The van der Waals surface area contributed by atoms with Gasteiger partial charge in [-0.1, -0.05) is 12.1 Å². The second kappa shape index (κ2) is 8.60. The smallest absolute Gasteiger partial charge is 0.460 e. The Kier molecular flexibility index (Phi) is 5.98. The van der Waals surface area contributed by atoms with Gasteiger partial charge in [0.25, 0.3) is 11.8 Å². The van der Waals surface area contributed by atoms with Gasteiger partial charge in [-0.05, 0) is 17.6 Å². The third kappa shape index (κ3) is 4.70. The molecule has 0 saturated carbocycles. The summed E-state index contributed by atoms with van der Waals surface area (Å²) in [6, 6.07) is 10.1. The lowest BCUT2D eigenvalue weighted by Crippen LogP contribution is -2.38. The summed E-state index contributed by atoms with van der Waals surface area (Å²) in [5, 5.41) is 18.2. The molecule has 0 spiro atoms. The van der Waals surface area contributed by atoms with Gasteiger partial charge in [0.2, 0.25) is 0 Å². The van der Waals surface area contributed by atoms with E-state index in [0.717, 1.165) is 10.5 Å². The summed E-state index contributed by atoms with van der Waals surface area (Å²) in [5.74, 6) is -1.38. The molecule has 3 rings (SSSR count). The molecule has 28 heavy (non-hydrogen) atoms. The summed E-state index contributed by atoms with van der Waals surface area (Å²) >= 11 is 0. The van der Waals surface area contributed by atoms with E-state index in [1.807, 2.05) is 10.6 Å². The molecule has 9 heteroatoms. The zero-order chi connectivity index (χ0) is 20.1. The lowest BCUT2D eigenvalue weighted by atomic mass is 9.81. The van der Waals surface area contributed by atoms with Crippen molar-refractivity contribution in [2.45, 2.75) is 6.54 Å². The van der Waals surface area contributed by atoms with E-state index in [4.69, 9.17) is 14.8 Å². The zero-order valence-electron chi connectivity index (χ0n) is 14.9. The fourth-order valence-corrected chi connectivity index (χ4v) is 2.72. The third-order valence-corrected chi connectivity index (χ3v) is 4.19. The van der Waals surface area contributed by atoms with Gasteiger partial charge in [-0.15, -0.1) is 0 Å². The predicted molar refractivity (Wildman–Crippen MR) is 98.1 cm³/mol. The first kappa shape index (κ1) is 19.5. The minimum Gasteiger partial charge on any atom is -0.460 e. The minimum absolute atomic E-state index is 0.00893. The number of benzene rings is 1. The molecule has 0 fully saturated rings. The molecule has 0 bridgehead atoms. The predicted octanol–water partition coefficient (Wildman–Crippen LogP) is -1.22. The monoisotopic (exact) mass is 381 g/mol. The Morgan fingerprint density at radius 1 is 1.07 bits per heavy atom. The van der Waals surface area contributed by atoms with Crippen LogP contribution >= 0.6 is 0 Å². The van der Waals surface area contributed by atoms with E-state index in [1.54, 1.807) is 42.7 Å². The van der Waals surface area contributed by atoms with Gasteiger partial charge >= 0.3 is 13.1 Å². The minimum atomic E-state index is -1.52. The molecule has 0 unspecified atom stereocenters. The first-order chi connectivity index (χ1) is 13.4. The van der Waals surface area contributed by atoms with Gasteiger partial charge in [0, 0.05) is 29.8 Å². The van der Waals surface area contributed by atoms with Crippen molar-refractivity contribution in [2.24, 2.45) is 0 Å². The number of ether oxygens (including phenoxy) is 1. The highest BCUT2D eigenvalue weighted by atomic mass is 16.5. The van der Waals surface area contributed by atoms with Crippen LogP contribution in [0, 0.1) is 0 Å². The van der Waals surface area contributed by atoms with E-state index < -0.39 is 24.9 Å². The molecule has 2 heterocycles. The van der Waals surface area contributed by atoms with Crippen molar-refractivity contribution < 1.29 is 33.7 Å². The normalized spacial score (nSPS) is 13.1. The van der Waals surface area contributed by atoms with Crippen LogP contribution in [0.3, 0.4) is 0 Å². The Balaban J connectivity index is 1.57. The average molecular weight is 381 g/mol. The van der Waals surface area contributed by atoms with E-state index in [1.165, 1.54) is 12.2 Å². The van der Waals surface area contributed by atoms with Crippen LogP contribution in [0.2, 0.25) is 0 Å². The zero-order valence-corrected chi connectivity index (χ0v) is 14.9. The first-order valence-electron chi connectivity index (χ1n) is 8.59. The first-order valence-corrected chi connectivity index (χ1v) is 8.59. The third-order valence-electron chi connectivity index (χ3n) is 4.19. The maximum Gasteiger partial charge on any atom is 0.488 e. The van der Waals surface area contributed by atoms with Crippen LogP contribution in [0.25, 0.3) is 0 Å². The summed E-state index contributed by atoms with van der Waals surface area (Å²) in [4.78, 5) is 36.1. The van der Waals surface area contributed by atoms with Gasteiger partial charge in [0.1, 0.15) is 6.61 Å². The molecule has 2 amide bonds. The van der Waals surface area contributed by atoms with E-state index in [0.29, 0.717) is 17.6 Å². The van der Waals surface area contributed by atoms with E-state index >= 15 is 0 Å². The van der Waals surface area contributed by atoms with Gasteiger partial charge < -0.3 is 14.8 Å². The molecule has 0 atom stereocenters. The number of aromatic nitrogens is 1. The van der Waals surface area contributed by atoms with Crippen molar-refractivity contribution in [3.05, 3.63) is 72.1 Å². The van der Waals surface area contributed by atoms with Gasteiger partial charge in [-0.25, -0.2) is 9.36 Å². The lowest BCUT2D eigenvalue weighted by molar-refractivity contribution is -0.688. The second-order valence-corrected chi connectivity index (χ2v) is 6.18. The number of hydrogen-bond donors (Lipinski definition) is 2. The molecular formula is C19H18BN2O6+. The fourth-order valence-electron chi connectivity index (χ4n) is 2.72. The summed E-state index contributed by atoms with van der Waals surface area (Å²) < 4.78 is 6.99. The van der Waals surface area contributed by atoms with Crippen molar-refractivity contribution in [3.8, 4) is 0 Å². The largest absolute Gasteiger partial charge is 0.488 e. The molecule has 0 aliphatic carbocycles. The number of rotatable bonds is 7. The van der Waals surface area contributed by atoms with Crippen molar-refractivity contribution in [3.63, 3.8) is 0 Å². The van der Waals surface area contributed by atoms with Crippen LogP contribution in [-0.2, 0) is 20.9 Å². The summed E-state index contributed by atoms with van der Waals surface area (Å²) in [6.45, 7) is 0.405. The van der Waals surface area contributed by atoms with Crippen LogP contribution < -0.4 is 10.0 Å². The van der Waals surface area contributed by atoms with Crippen LogP contribution in [0.4, 0.5) is 0 Å². The van der Waals surface area contributed by atoms with E-state index in [-0.39, 0.29) is 13.2 Å². The standard InChI is InChI=1S/C19H18BN2O6/c23-17-4-5-18(24)22(17)10-11-28-19(25)15-3-1-2-14(12-15)13-21-8-6-16(7-9-21)20(26)27/h1-9,12,26-27H,10-11,13H2/q+1. The highest BCUT2D eigenvalue weighted by Gasteiger charge is 2.23. The highest BCUT2D eigenvalue weighted by Crippen LogP contribution is 2.08. The molecule has 142 valence electrons. The SMILES string of the molecule is O=C(OCCN1C(=O)C=CC1=O)c1cccc(C[n+]2ccc(B(O)O)cc2)c1.